The molecular formula is C20H31N3O2. The number of benzene rings is 1. The van der Waals surface area contributed by atoms with Crippen LogP contribution in [0.2, 0.25) is 0 Å². The molecule has 2 aliphatic heterocycles. The number of nitrogens with zero attached hydrogens (tertiary/aromatic N) is 2. The van der Waals surface area contributed by atoms with E-state index in [4.69, 9.17) is 4.74 Å². The van der Waals surface area contributed by atoms with Gasteiger partial charge in [0.15, 0.2) is 0 Å². The molecule has 2 atom stereocenters. The summed E-state index contributed by atoms with van der Waals surface area (Å²) in [6.45, 7) is 7.27. The van der Waals surface area contributed by atoms with Crippen LogP contribution in [0.3, 0.4) is 0 Å². The van der Waals surface area contributed by atoms with Crippen molar-refractivity contribution in [2.45, 2.75) is 38.5 Å². The quantitative estimate of drug-likeness (QED) is 0.883. The zero-order valence-electron chi connectivity index (χ0n) is 15.5. The molecule has 2 aliphatic rings. The van der Waals surface area contributed by atoms with Gasteiger partial charge in [-0.25, -0.2) is 0 Å². The van der Waals surface area contributed by atoms with Gasteiger partial charge in [0.1, 0.15) is 6.04 Å². The van der Waals surface area contributed by atoms with Crippen molar-refractivity contribution >= 4 is 5.91 Å². The van der Waals surface area contributed by atoms with Gasteiger partial charge in [-0.1, -0.05) is 30.3 Å². The fourth-order valence-corrected chi connectivity index (χ4v) is 3.94. The fraction of sp³-hybridized carbons (Fsp3) is 0.650. The van der Waals surface area contributed by atoms with Crippen molar-refractivity contribution < 1.29 is 9.53 Å². The summed E-state index contributed by atoms with van der Waals surface area (Å²) in [7, 11) is 2.19. The molecule has 0 spiro atoms. The van der Waals surface area contributed by atoms with Crippen LogP contribution in [0.4, 0.5) is 0 Å². The molecule has 1 aromatic carbocycles. The van der Waals surface area contributed by atoms with Crippen molar-refractivity contribution in [3.63, 3.8) is 0 Å². The van der Waals surface area contributed by atoms with Crippen LogP contribution in [0.15, 0.2) is 30.3 Å². The minimum atomic E-state index is -0.175. The van der Waals surface area contributed by atoms with Gasteiger partial charge in [0.2, 0.25) is 5.91 Å². The lowest BCUT2D eigenvalue weighted by Gasteiger charge is -2.38. The van der Waals surface area contributed by atoms with Gasteiger partial charge in [-0.2, -0.15) is 0 Å². The van der Waals surface area contributed by atoms with Crippen LogP contribution in [-0.2, 0) is 16.1 Å². The molecule has 3 rings (SSSR count). The third-order valence-electron chi connectivity index (χ3n) is 5.37. The van der Waals surface area contributed by atoms with Gasteiger partial charge in [-0.3, -0.25) is 4.79 Å². The highest BCUT2D eigenvalue weighted by Gasteiger charge is 2.33. The number of hydrogen-bond donors (Lipinski definition) is 1. The zero-order chi connectivity index (χ0) is 17.6. The number of carbonyl (C=O) groups is 1. The smallest absolute Gasteiger partial charge is 0.242 e. The van der Waals surface area contributed by atoms with Crippen molar-refractivity contribution in [2.75, 3.05) is 39.8 Å². The van der Waals surface area contributed by atoms with Crippen LogP contribution in [0.5, 0.6) is 0 Å². The van der Waals surface area contributed by atoms with E-state index in [9.17, 15) is 4.79 Å². The Kier molecular flexibility index (Phi) is 6.45. The fourth-order valence-electron chi connectivity index (χ4n) is 3.94. The third-order valence-corrected chi connectivity index (χ3v) is 5.37. The van der Waals surface area contributed by atoms with E-state index in [0.29, 0.717) is 12.5 Å². The van der Waals surface area contributed by atoms with Gasteiger partial charge in [0, 0.05) is 32.7 Å². The maximum absolute atomic E-state index is 12.7. The summed E-state index contributed by atoms with van der Waals surface area (Å²) in [5.41, 5.74) is 1.36. The van der Waals surface area contributed by atoms with Gasteiger partial charge in [-0.05, 0) is 38.3 Å². The topological polar surface area (TPSA) is 44.8 Å². The Morgan fingerprint density at radius 2 is 2.00 bits per heavy atom. The average molecular weight is 345 g/mol. The van der Waals surface area contributed by atoms with Crippen LogP contribution >= 0.6 is 0 Å². The summed E-state index contributed by atoms with van der Waals surface area (Å²) in [6.07, 6.45) is 2.15. The van der Waals surface area contributed by atoms with Crippen LogP contribution in [0, 0.1) is 5.92 Å². The minimum absolute atomic E-state index is 0.0315. The lowest BCUT2D eigenvalue weighted by molar-refractivity contribution is -0.140. The van der Waals surface area contributed by atoms with Crippen molar-refractivity contribution in [3.8, 4) is 0 Å². The number of piperidine rings is 1. The molecule has 0 radical (unpaired) electrons. The van der Waals surface area contributed by atoms with Gasteiger partial charge in [-0.15, -0.1) is 0 Å². The molecule has 2 saturated heterocycles. The molecule has 5 nitrogen and oxygen atoms in total. The Labute approximate surface area is 151 Å². The second-order valence-corrected chi connectivity index (χ2v) is 7.46. The van der Waals surface area contributed by atoms with E-state index in [1.165, 1.54) is 5.56 Å². The number of rotatable bonds is 5. The Hall–Kier alpha value is -1.43. The first-order chi connectivity index (χ1) is 12.1. The van der Waals surface area contributed by atoms with Gasteiger partial charge in [0.25, 0.3) is 0 Å². The second kappa shape index (κ2) is 8.79. The van der Waals surface area contributed by atoms with Crippen molar-refractivity contribution in [1.82, 2.24) is 15.1 Å². The summed E-state index contributed by atoms with van der Waals surface area (Å²) in [6, 6.07) is 10.4. The van der Waals surface area contributed by atoms with Crippen LogP contribution in [0.25, 0.3) is 0 Å². The maximum atomic E-state index is 12.7. The summed E-state index contributed by atoms with van der Waals surface area (Å²) in [5.74, 6) is 0.883. The second-order valence-electron chi connectivity index (χ2n) is 7.46. The number of nitrogens with one attached hydrogen (secondary N) is 1. The molecule has 0 aromatic heterocycles. The lowest BCUT2D eigenvalue weighted by Crippen LogP contribution is -2.57. The van der Waals surface area contributed by atoms with Crippen LogP contribution in [-0.4, -0.2) is 67.7 Å². The van der Waals surface area contributed by atoms with Crippen molar-refractivity contribution in [1.29, 1.82) is 0 Å². The number of amides is 1. The van der Waals surface area contributed by atoms with E-state index in [1.807, 2.05) is 11.8 Å². The van der Waals surface area contributed by atoms with E-state index >= 15 is 0 Å². The number of likely N-dealkylation sites (tertiary alicyclic amines) is 1. The Morgan fingerprint density at radius 3 is 2.68 bits per heavy atom. The Balaban J connectivity index is 1.43. The first-order valence-electron chi connectivity index (χ1n) is 9.49. The van der Waals surface area contributed by atoms with Gasteiger partial charge >= 0.3 is 0 Å². The maximum Gasteiger partial charge on any atom is 0.242 e. The molecule has 0 unspecified atom stereocenters. The van der Waals surface area contributed by atoms with E-state index in [0.717, 1.165) is 45.6 Å². The lowest BCUT2D eigenvalue weighted by atomic mass is 9.95. The minimum Gasteiger partial charge on any atom is -0.375 e. The average Bonchev–Trinajstić information content (AvgIpc) is 2.63. The molecule has 138 valence electrons. The summed E-state index contributed by atoms with van der Waals surface area (Å²) >= 11 is 0. The molecule has 1 aromatic rings. The monoisotopic (exact) mass is 345 g/mol. The highest BCUT2D eigenvalue weighted by molar-refractivity contribution is 5.82. The zero-order valence-corrected chi connectivity index (χ0v) is 15.5. The van der Waals surface area contributed by atoms with E-state index in [1.54, 1.807) is 0 Å². The van der Waals surface area contributed by atoms with E-state index < -0.39 is 0 Å². The first kappa shape index (κ1) is 18.4. The predicted octanol–water partition coefficient (Wildman–Crippen LogP) is 1.73. The molecule has 25 heavy (non-hydrogen) atoms. The van der Waals surface area contributed by atoms with E-state index in [-0.39, 0.29) is 18.1 Å². The molecule has 0 saturated carbocycles. The van der Waals surface area contributed by atoms with Crippen molar-refractivity contribution in [2.24, 2.45) is 5.92 Å². The van der Waals surface area contributed by atoms with Crippen LogP contribution in [0.1, 0.15) is 25.3 Å². The third kappa shape index (κ3) is 5.03. The highest BCUT2D eigenvalue weighted by Crippen LogP contribution is 2.20. The number of hydrogen-bond acceptors (Lipinski definition) is 4. The standard InChI is InChI=1S/C20H31N3O2/c1-16-19(21-10-13-25-16)20(24)23-11-8-18(9-12-23)15-22(2)14-17-6-4-3-5-7-17/h3-7,16,18-19,21H,8-15H2,1-2H3/t16-,19+/m1/s1. The molecule has 0 bridgehead atoms. The van der Waals surface area contributed by atoms with E-state index in [2.05, 4.69) is 47.6 Å². The van der Waals surface area contributed by atoms with Crippen molar-refractivity contribution in [3.05, 3.63) is 35.9 Å². The SMILES string of the molecule is C[C@H]1OCCN[C@@H]1C(=O)N1CCC(CN(C)Cc2ccccc2)CC1. The molecule has 1 N–H and O–H groups in total. The molecule has 0 aliphatic carbocycles. The van der Waals surface area contributed by atoms with Gasteiger partial charge in [0.05, 0.1) is 12.7 Å². The molecule has 1 amide bonds. The molecule has 2 heterocycles. The Morgan fingerprint density at radius 1 is 1.28 bits per heavy atom. The summed E-state index contributed by atoms with van der Waals surface area (Å²) in [4.78, 5) is 17.1. The highest BCUT2D eigenvalue weighted by atomic mass is 16.5. The number of ether oxygens (including phenoxy) is 1. The number of carbonyl (C=O) groups excluding carboxylic acids is 1. The summed E-state index contributed by atoms with van der Waals surface area (Å²) < 4.78 is 5.62. The largest absolute Gasteiger partial charge is 0.375 e. The molecular weight excluding hydrogens is 314 g/mol. The summed E-state index contributed by atoms with van der Waals surface area (Å²) in [5, 5.41) is 3.31. The van der Waals surface area contributed by atoms with Crippen LogP contribution < -0.4 is 5.32 Å². The molecule has 5 heteroatoms. The van der Waals surface area contributed by atoms with Gasteiger partial charge < -0.3 is 19.9 Å². The normalized spacial score (nSPS) is 25.3. The first-order valence-corrected chi connectivity index (χ1v) is 9.49. The Bertz CT molecular complexity index is 543. The predicted molar refractivity (Wildman–Crippen MR) is 99.3 cm³/mol. The number of morpholine rings is 1. The molecule has 2 fully saturated rings.